The van der Waals surface area contributed by atoms with E-state index in [0.29, 0.717) is 23.6 Å². The van der Waals surface area contributed by atoms with Crippen LogP contribution in [0.3, 0.4) is 0 Å². The van der Waals surface area contributed by atoms with Crippen LogP contribution < -0.4 is 4.74 Å². The average molecular weight is 362 g/mol. The van der Waals surface area contributed by atoms with E-state index in [2.05, 4.69) is 9.88 Å². The molecule has 6 nitrogen and oxygen atoms in total. The first-order valence-electron chi connectivity index (χ1n) is 8.43. The number of hydrogen-bond acceptors (Lipinski definition) is 6. The predicted octanol–water partition coefficient (Wildman–Crippen LogP) is 2.78. The smallest absolute Gasteiger partial charge is 0.347 e. The molecule has 0 unspecified atom stereocenters. The Morgan fingerprint density at radius 1 is 1.32 bits per heavy atom. The van der Waals surface area contributed by atoms with Gasteiger partial charge in [-0.3, -0.25) is 4.90 Å². The number of carbonyl (C=O) groups is 1. The highest BCUT2D eigenvalue weighted by atomic mass is 32.1. The van der Waals surface area contributed by atoms with Crippen LogP contribution in [0.2, 0.25) is 0 Å². The van der Waals surface area contributed by atoms with Crippen LogP contribution in [0.15, 0.2) is 24.3 Å². The van der Waals surface area contributed by atoms with Crippen LogP contribution in [0, 0.1) is 0 Å². The normalized spacial score (nSPS) is 15.2. The van der Waals surface area contributed by atoms with Gasteiger partial charge in [0.05, 0.1) is 18.9 Å². The summed E-state index contributed by atoms with van der Waals surface area (Å²) in [6.45, 7) is 6.94. The van der Waals surface area contributed by atoms with Gasteiger partial charge in [-0.05, 0) is 30.7 Å². The molecule has 1 aromatic heterocycles. The van der Waals surface area contributed by atoms with Crippen molar-refractivity contribution < 1.29 is 19.4 Å². The number of nitrogens with zero attached hydrogens (tertiary/aromatic N) is 2. The molecule has 1 N–H and O–H groups in total. The van der Waals surface area contributed by atoms with E-state index < -0.39 is 5.97 Å². The Hall–Kier alpha value is -1.96. The highest BCUT2D eigenvalue weighted by Crippen LogP contribution is 2.29. The fourth-order valence-electron chi connectivity index (χ4n) is 2.69. The van der Waals surface area contributed by atoms with E-state index in [1.165, 1.54) is 11.3 Å². The van der Waals surface area contributed by atoms with Crippen molar-refractivity contribution in [3.63, 3.8) is 0 Å². The van der Waals surface area contributed by atoms with Crippen LogP contribution >= 0.6 is 11.3 Å². The molecule has 2 aromatic rings. The standard InChI is InChI=1S/C18H22N2O4S/c1-2-15-16(18(21)22)25-17(19-15)13-3-5-14(6-4-13)24-12-9-20-7-10-23-11-8-20/h3-6H,2,7-12H2,1H3,(H,21,22). The van der Waals surface area contributed by atoms with Gasteiger partial charge in [-0.25, -0.2) is 9.78 Å². The van der Waals surface area contributed by atoms with Crippen molar-refractivity contribution in [2.24, 2.45) is 0 Å². The van der Waals surface area contributed by atoms with Crippen molar-refractivity contribution >= 4 is 17.3 Å². The molecule has 25 heavy (non-hydrogen) atoms. The summed E-state index contributed by atoms with van der Waals surface area (Å²) in [4.78, 5) is 18.4. The number of carboxylic acid groups (broad SMARTS) is 1. The van der Waals surface area contributed by atoms with Gasteiger partial charge in [-0.1, -0.05) is 6.92 Å². The van der Waals surface area contributed by atoms with Gasteiger partial charge >= 0.3 is 5.97 Å². The lowest BCUT2D eigenvalue weighted by Gasteiger charge is -2.26. The second-order valence-electron chi connectivity index (χ2n) is 5.78. The lowest BCUT2D eigenvalue weighted by Crippen LogP contribution is -2.38. The van der Waals surface area contributed by atoms with Crippen molar-refractivity contribution in [3.8, 4) is 16.3 Å². The van der Waals surface area contributed by atoms with Crippen molar-refractivity contribution in [3.05, 3.63) is 34.8 Å². The molecule has 1 aliphatic heterocycles. The van der Waals surface area contributed by atoms with Gasteiger partial charge in [0.2, 0.25) is 0 Å². The van der Waals surface area contributed by atoms with E-state index in [9.17, 15) is 9.90 Å². The summed E-state index contributed by atoms with van der Waals surface area (Å²) >= 11 is 1.22. The molecule has 0 spiro atoms. The van der Waals surface area contributed by atoms with Gasteiger partial charge < -0.3 is 14.6 Å². The summed E-state index contributed by atoms with van der Waals surface area (Å²) in [6.07, 6.45) is 0.612. The number of morpholine rings is 1. The number of ether oxygens (including phenoxy) is 2. The van der Waals surface area contributed by atoms with Crippen LogP contribution in [0.5, 0.6) is 5.75 Å². The predicted molar refractivity (Wildman–Crippen MR) is 96.6 cm³/mol. The molecule has 3 rings (SSSR count). The summed E-state index contributed by atoms with van der Waals surface area (Å²) in [5, 5.41) is 9.97. The third-order valence-electron chi connectivity index (χ3n) is 4.11. The lowest BCUT2D eigenvalue weighted by molar-refractivity contribution is 0.0322. The number of benzene rings is 1. The maximum atomic E-state index is 11.3. The Kier molecular flexibility index (Phi) is 6.01. The van der Waals surface area contributed by atoms with E-state index >= 15 is 0 Å². The molecule has 0 bridgehead atoms. The summed E-state index contributed by atoms with van der Waals surface area (Å²) in [5.74, 6) is -0.105. The van der Waals surface area contributed by atoms with E-state index in [1.54, 1.807) is 0 Å². The van der Waals surface area contributed by atoms with Gasteiger partial charge in [0.25, 0.3) is 0 Å². The summed E-state index contributed by atoms with van der Waals surface area (Å²) in [7, 11) is 0. The van der Waals surface area contributed by atoms with Crippen molar-refractivity contribution in [2.45, 2.75) is 13.3 Å². The van der Waals surface area contributed by atoms with Crippen molar-refractivity contribution in [2.75, 3.05) is 39.5 Å². The Morgan fingerprint density at radius 2 is 2.04 bits per heavy atom. The summed E-state index contributed by atoms with van der Waals surface area (Å²) in [6, 6.07) is 7.66. The Balaban J connectivity index is 1.59. The van der Waals surface area contributed by atoms with Crippen molar-refractivity contribution in [1.82, 2.24) is 9.88 Å². The topological polar surface area (TPSA) is 71.9 Å². The Labute approximate surface area is 151 Å². The summed E-state index contributed by atoms with van der Waals surface area (Å²) < 4.78 is 11.1. The number of hydrogen-bond donors (Lipinski definition) is 1. The minimum atomic E-state index is -0.913. The molecular weight excluding hydrogens is 340 g/mol. The minimum Gasteiger partial charge on any atom is -0.492 e. The van der Waals surface area contributed by atoms with Gasteiger partial charge in [-0.2, -0.15) is 0 Å². The first kappa shape index (κ1) is 17.8. The van der Waals surface area contributed by atoms with Gasteiger partial charge in [0.1, 0.15) is 22.2 Å². The first-order chi connectivity index (χ1) is 12.2. The quantitative estimate of drug-likeness (QED) is 0.817. The number of rotatable bonds is 7. The molecule has 0 radical (unpaired) electrons. The highest BCUT2D eigenvalue weighted by Gasteiger charge is 2.17. The average Bonchev–Trinajstić information content (AvgIpc) is 3.08. The third kappa shape index (κ3) is 4.56. The number of aromatic carboxylic acids is 1. The second kappa shape index (κ2) is 8.42. The molecule has 1 saturated heterocycles. The maximum Gasteiger partial charge on any atom is 0.347 e. The van der Waals surface area contributed by atoms with Crippen LogP contribution in [-0.4, -0.2) is 60.4 Å². The minimum absolute atomic E-state index is 0.323. The van der Waals surface area contributed by atoms with Crippen LogP contribution in [-0.2, 0) is 11.2 Å². The molecule has 134 valence electrons. The molecule has 0 aliphatic carbocycles. The van der Waals surface area contributed by atoms with Crippen molar-refractivity contribution in [1.29, 1.82) is 0 Å². The molecule has 7 heteroatoms. The van der Waals surface area contributed by atoms with Crippen LogP contribution in [0.4, 0.5) is 0 Å². The van der Waals surface area contributed by atoms with E-state index in [-0.39, 0.29) is 0 Å². The van der Waals surface area contributed by atoms with Crippen LogP contribution in [0.1, 0.15) is 22.3 Å². The zero-order chi connectivity index (χ0) is 17.6. The highest BCUT2D eigenvalue weighted by molar-refractivity contribution is 7.17. The number of thiazole rings is 1. The largest absolute Gasteiger partial charge is 0.492 e. The molecule has 1 fully saturated rings. The molecule has 2 heterocycles. The Bertz CT molecular complexity index is 708. The molecule has 1 aliphatic rings. The monoisotopic (exact) mass is 362 g/mol. The number of aromatic nitrogens is 1. The zero-order valence-corrected chi connectivity index (χ0v) is 15.1. The molecule has 0 saturated carbocycles. The lowest BCUT2D eigenvalue weighted by atomic mass is 10.2. The fourth-order valence-corrected chi connectivity index (χ4v) is 3.69. The second-order valence-corrected chi connectivity index (χ2v) is 6.78. The third-order valence-corrected chi connectivity index (χ3v) is 5.24. The molecule has 1 aromatic carbocycles. The van der Waals surface area contributed by atoms with E-state index in [1.807, 2.05) is 31.2 Å². The van der Waals surface area contributed by atoms with E-state index in [4.69, 9.17) is 9.47 Å². The van der Waals surface area contributed by atoms with Gasteiger partial charge in [0, 0.05) is 25.2 Å². The molecule has 0 atom stereocenters. The molecular formula is C18H22N2O4S. The van der Waals surface area contributed by atoms with Gasteiger partial charge in [0.15, 0.2) is 0 Å². The molecule has 0 amide bonds. The SMILES string of the molecule is CCc1nc(-c2ccc(OCCN3CCOCC3)cc2)sc1C(=O)O. The summed E-state index contributed by atoms with van der Waals surface area (Å²) in [5.41, 5.74) is 1.55. The number of aryl methyl sites for hydroxylation is 1. The Morgan fingerprint density at radius 3 is 2.64 bits per heavy atom. The number of carboxylic acids is 1. The van der Waals surface area contributed by atoms with E-state index in [0.717, 1.165) is 49.2 Å². The maximum absolute atomic E-state index is 11.3. The van der Waals surface area contributed by atoms with Gasteiger partial charge in [-0.15, -0.1) is 11.3 Å². The van der Waals surface area contributed by atoms with Crippen LogP contribution in [0.25, 0.3) is 10.6 Å². The fraction of sp³-hybridized carbons (Fsp3) is 0.444. The zero-order valence-electron chi connectivity index (χ0n) is 14.2. The first-order valence-corrected chi connectivity index (χ1v) is 9.25.